The molecule has 2 atom stereocenters. The second-order valence-corrected chi connectivity index (χ2v) is 9.65. The monoisotopic (exact) mass is 512 g/mol. The van der Waals surface area contributed by atoms with Crippen LogP contribution in [0.2, 0.25) is 10.0 Å². The van der Waals surface area contributed by atoms with Crippen molar-refractivity contribution in [2.24, 2.45) is 5.92 Å². The predicted molar refractivity (Wildman–Crippen MR) is 142 cm³/mol. The number of carbonyl (C=O) groups excluding carboxylic acids is 1. The van der Waals surface area contributed by atoms with Gasteiger partial charge in [0.1, 0.15) is 6.10 Å². The van der Waals surface area contributed by atoms with E-state index in [9.17, 15) is 4.79 Å². The van der Waals surface area contributed by atoms with Gasteiger partial charge in [-0.25, -0.2) is 4.98 Å². The summed E-state index contributed by atoms with van der Waals surface area (Å²) in [6, 6.07) is 14.6. The largest absolute Gasteiger partial charge is 0.482 e. The van der Waals surface area contributed by atoms with Crippen molar-refractivity contribution in [3.8, 4) is 16.9 Å². The van der Waals surface area contributed by atoms with Crippen LogP contribution in [0.5, 0.6) is 5.75 Å². The SMILES string of the molecule is CC(Oc1cc(-c2cccc(C(=O)NCCCC3CCNC3)c2)cnc1N)c1c(Cl)cccc1Cl. The summed E-state index contributed by atoms with van der Waals surface area (Å²) in [7, 11) is 0. The zero-order valence-electron chi connectivity index (χ0n) is 19.7. The second kappa shape index (κ2) is 11.8. The van der Waals surface area contributed by atoms with Crippen molar-refractivity contribution in [3.63, 3.8) is 0 Å². The molecule has 0 bridgehead atoms. The Kier molecular flexibility index (Phi) is 8.50. The summed E-state index contributed by atoms with van der Waals surface area (Å²) < 4.78 is 6.10. The first-order chi connectivity index (χ1) is 16.9. The minimum atomic E-state index is -0.437. The molecule has 4 N–H and O–H groups in total. The summed E-state index contributed by atoms with van der Waals surface area (Å²) >= 11 is 12.7. The summed E-state index contributed by atoms with van der Waals surface area (Å²) in [6.45, 7) is 4.71. The van der Waals surface area contributed by atoms with Gasteiger partial charge >= 0.3 is 0 Å². The fourth-order valence-corrected chi connectivity index (χ4v) is 5.06. The van der Waals surface area contributed by atoms with Crippen LogP contribution in [0.3, 0.4) is 0 Å². The van der Waals surface area contributed by atoms with Gasteiger partial charge in [0.25, 0.3) is 5.91 Å². The van der Waals surface area contributed by atoms with E-state index in [-0.39, 0.29) is 11.7 Å². The van der Waals surface area contributed by atoms with Crippen molar-refractivity contribution in [2.45, 2.75) is 32.3 Å². The summed E-state index contributed by atoms with van der Waals surface area (Å²) in [6.07, 6.45) is 4.57. The Morgan fingerprint density at radius 2 is 1.97 bits per heavy atom. The summed E-state index contributed by atoms with van der Waals surface area (Å²) in [5, 5.41) is 7.45. The zero-order valence-corrected chi connectivity index (χ0v) is 21.2. The molecule has 1 aromatic heterocycles. The molecule has 35 heavy (non-hydrogen) atoms. The Morgan fingerprint density at radius 1 is 1.20 bits per heavy atom. The Hall–Kier alpha value is -2.80. The third-order valence-corrected chi connectivity index (χ3v) is 6.95. The highest BCUT2D eigenvalue weighted by Gasteiger charge is 2.18. The lowest BCUT2D eigenvalue weighted by molar-refractivity contribution is 0.0952. The Morgan fingerprint density at radius 3 is 2.71 bits per heavy atom. The van der Waals surface area contributed by atoms with Crippen LogP contribution in [-0.2, 0) is 0 Å². The lowest BCUT2D eigenvalue weighted by Gasteiger charge is -2.19. The minimum absolute atomic E-state index is 0.0849. The van der Waals surface area contributed by atoms with Gasteiger partial charge in [0.05, 0.1) is 0 Å². The number of nitrogens with zero attached hydrogens (tertiary/aromatic N) is 1. The number of nitrogen functional groups attached to an aromatic ring is 1. The van der Waals surface area contributed by atoms with Crippen LogP contribution >= 0.6 is 23.2 Å². The second-order valence-electron chi connectivity index (χ2n) is 8.84. The lowest BCUT2D eigenvalue weighted by atomic mass is 10.0. The Labute approximate surface area is 216 Å². The number of rotatable bonds is 9. The molecule has 2 unspecified atom stereocenters. The van der Waals surface area contributed by atoms with E-state index >= 15 is 0 Å². The van der Waals surface area contributed by atoms with E-state index < -0.39 is 6.10 Å². The molecule has 1 amide bonds. The number of anilines is 1. The van der Waals surface area contributed by atoms with Crippen LogP contribution in [0, 0.1) is 5.92 Å². The van der Waals surface area contributed by atoms with E-state index in [4.69, 9.17) is 33.7 Å². The lowest BCUT2D eigenvalue weighted by Crippen LogP contribution is -2.25. The van der Waals surface area contributed by atoms with E-state index in [1.165, 1.54) is 6.42 Å². The number of nitrogens with two attached hydrogens (primary N) is 1. The Bertz CT molecular complexity index is 1160. The number of aromatic nitrogens is 1. The quantitative estimate of drug-likeness (QED) is 0.310. The maximum absolute atomic E-state index is 12.7. The summed E-state index contributed by atoms with van der Waals surface area (Å²) in [5.74, 6) is 1.32. The number of benzene rings is 2. The van der Waals surface area contributed by atoms with Crippen molar-refractivity contribution in [1.29, 1.82) is 0 Å². The van der Waals surface area contributed by atoms with Crippen molar-refractivity contribution in [2.75, 3.05) is 25.4 Å². The van der Waals surface area contributed by atoms with Gasteiger partial charge in [0.2, 0.25) is 0 Å². The average molecular weight is 513 g/mol. The van der Waals surface area contributed by atoms with Gasteiger partial charge in [0, 0.05) is 39.5 Å². The third kappa shape index (κ3) is 6.45. The highest BCUT2D eigenvalue weighted by Crippen LogP contribution is 2.35. The minimum Gasteiger partial charge on any atom is -0.482 e. The molecule has 0 spiro atoms. The highest BCUT2D eigenvalue weighted by atomic mass is 35.5. The highest BCUT2D eigenvalue weighted by molar-refractivity contribution is 6.36. The standard InChI is InChI=1S/C27H30Cl2N4O2/c1-17(25-22(28)8-3-9-23(25)29)35-24-14-21(16-33-26(24)30)19-6-2-7-20(13-19)27(34)32-11-4-5-18-10-12-31-15-18/h2-3,6-9,13-14,16-18,31H,4-5,10-12,15H2,1H3,(H2,30,33)(H,32,34). The molecule has 0 aliphatic carbocycles. The van der Waals surface area contributed by atoms with Crippen molar-refractivity contribution in [1.82, 2.24) is 15.6 Å². The fraction of sp³-hybridized carbons (Fsp3) is 0.333. The van der Waals surface area contributed by atoms with E-state index in [0.29, 0.717) is 33.5 Å². The van der Waals surface area contributed by atoms with Gasteiger partial charge in [-0.1, -0.05) is 41.4 Å². The van der Waals surface area contributed by atoms with E-state index in [0.717, 1.165) is 43.0 Å². The first kappa shape index (κ1) is 25.3. The number of pyridine rings is 1. The van der Waals surface area contributed by atoms with Gasteiger partial charge in [-0.15, -0.1) is 0 Å². The molecule has 1 saturated heterocycles. The van der Waals surface area contributed by atoms with Crippen LogP contribution in [0.15, 0.2) is 54.7 Å². The molecule has 1 aliphatic rings. The summed E-state index contributed by atoms with van der Waals surface area (Å²) in [4.78, 5) is 17.0. The molecule has 4 rings (SSSR count). The first-order valence-corrected chi connectivity index (χ1v) is 12.6. The van der Waals surface area contributed by atoms with E-state index in [1.54, 1.807) is 24.4 Å². The average Bonchev–Trinajstić information content (AvgIpc) is 3.37. The molecule has 2 heterocycles. The fourth-order valence-electron chi connectivity index (χ4n) is 4.35. The van der Waals surface area contributed by atoms with Crippen LogP contribution in [0.25, 0.3) is 11.1 Å². The van der Waals surface area contributed by atoms with Gasteiger partial charge < -0.3 is 21.1 Å². The molecule has 0 radical (unpaired) electrons. The predicted octanol–water partition coefficient (Wildman–Crippen LogP) is 5.90. The molecule has 184 valence electrons. The van der Waals surface area contributed by atoms with Crippen molar-refractivity contribution in [3.05, 3.63) is 75.9 Å². The number of halogens is 2. The third-order valence-electron chi connectivity index (χ3n) is 6.29. The molecule has 1 fully saturated rings. The first-order valence-electron chi connectivity index (χ1n) is 11.9. The number of amides is 1. The maximum atomic E-state index is 12.7. The van der Waals surface area contributed by atoms with Gasteiger partial charge in [-0.2, -0.15) is 0 Å². The van der Waals surface area contributed by atoms with Crippen LogP contribution < -0.4 is 21.1 Å². The number of nitrogens with one attached hydrogen (secondary N) is 2. The Balaban J connectivity index is 1.44. The number of hydrogen-bond donors (Lipinski definition) is 3. The molecule has 1 aliphatic heterocycles. The molecule has 0 saturated carbocycles. The van der Waals surface area contributed by atoms with Crippen LogP contribution in [0.1, 0.15) is 48.2 Å². The molecule has 8 heteroatoms. The molecule has 3 aromatic rings. The smallest absolute Gasteiger partial charge is 0.251 e. The van der Waals surface area contributed by atoms with Gasteiger partial charge in [-0.05, 0) is 81.1 Å². The number of carbonyl (C=O) groups is 1. The maximum Gasteiger partial charge on any atom is 0.251 e. The van der Waals surface area contributed by atoms with Gasteiger partial charge in [0.15, 0.2) is 11.6 Å². The molecular weight excluding hydrogens is 483 g/mol. The molecular formula is C27H30Cl2N4O2. The van der Waals surface area contributed by atoms with E-state index in [1.807, 2.05) is 37.3 Å². The van der Waals surface area contributed by atoms with Crippen LogP contribution in [0.4, 0.5) is 5.82 Å². The topological polar surface area (TPSA) is 89.3 Å². The van der Waals surface area contributed by atoms with Crippen LogP contribution in [-0.4, -0.2) is 30.5 Å². The van der Waals surface area contributed by atoms with Crippen molar-refractivity contribution < 1.29 is 9.53 Å². The summed E-state index contributed by atoms with van der Waals surface area (Å²) in [5.41, 5.74) is 9.00. The normalized spacial score (nSPS) is 16.1. The number of hydrogen-bond acceptors (Lipinski definition) is 5. The van der Waals surface area contributed by atoms with Crippen molar-refractivity contribution >= 4 is 34.9 Å². The van der Waals surface area contributed by atoms with Gasteiger partial charge in [-0.3, -0.25) is 4.79 Å². The molecule has 2 aromatic carbocycles. The van der Waals surface area contributed by atoms with E-state index in [2.05, 4.69) is 15.6 Å². The number of ether oxygens (including phenoxy) is 1. The zero-order chi connectivity index (χ0) is 24.8. The molecule has 6 nitrogen and oxygen atoms in total.